The van der Waals surface area contributed by atoms with Crippen LogP contribution in [0.2, 0.25) is 0 Å². The van der Waals surface area contributed by atoms with Gasteiger partial charge in [-0.3, -0.25) is 19.9 Å². The van der Waals surface area contributed by atoms with Crippen molar-refractivity contribution in [2.24, 2.45) is 0 Å². The zero-order chi connectivity index (χ0) is 34.4. The number of nitrogens with zero attached hydrogens (tertiary/aromatic N) is 4. The van der Waals surface area contributed by atoms with Crippen molar-refractivity contribution in [1.29, 1.82) is 0 Å². The van der Waals surface area contributed by atoms with Crippen LogP contribution >= 0.6 is 0 Å². The van der Waals surface area contributed by atoms with Crippen molar-refractivity contribution in [3.63, 3.8) is 0 Å². The number of pyridine rings is 1. The van der Waals surface area contributed by atoms with E-state index in [-0.39, 0.29) is 48.2 Å². The lowest BCUT2D eigenvalue weighted by Crippen LogP contribution is -2.34. The SMILES string of the molecule is [2H]c1nc(C([2H])([2H])[2H])c([2H])c(C(=O)Nc2nc3c([2H])c([2H])c([2H])c(O[C@@H]4CCOC([2H])C4)c3n2C2CCCCN(C(=O)C=C)C2)c1[2H]. The predicted molar refractivity (Wildman–Crippen MR) is 141 cm³/mol. The van der Waals surface area contributed by atoms with E-state index in [2.05, 4.69) is 21.9 Å². The van der Waals surface area contributed by atoms with Crippen LogP contribution in [0.4, 0.5) is 5.95 Å². The summed E-state index contributed by atoms with van der Waals surface area (Å²) >= 11 is 0. The molecule has 4 heterocycles. The van der Waals surface area contributed by atoms with Gasteiger partial charge in [-0.15, -0.1) is 0 Å². The van der Waals surface area contributed by atoms with Gasteiger partial charge in [-0.2, -0.15) is 0 Å². The molecule has 0 bridgehead atoms. The summed E-state index contributed by atoms with van der Waals surface area (Å²) < 4.78 is 94.9. The molecule has 37 heavy (non-hydrogen) atoms. The molecule has 0 radical (unpaired) electrons. The molecule has 0 spiro atoms. The second-order valence-corrected chi connectivity index (χ2v) is 8.80. The molecular formula is C28H33N5O4. The largest absolute Gasteiger partial charge is 0.488 e. The third-order valence-electron chi connectivity index (χ3n) is 6.34. The summed E-state index contributed by atoms with van der Waals surface area (Å²) in [4.78, 5) is 36.1. The van der Waals surface area contributed by atoms with Gasteiger partial charge in [0.15, 0.2) is 0 Å². The summed E-state index contributed by atoms with van der Waals surface area (Å²) in [6, 6.07) is -3.61. The third-order valence-corrected chi connectivity index (χ3v) is 6.34. The number of rotatable bonds is 6. The maximum atomic E-state index is 13.8. The molecule has 2 fully saturated rings. The van der Waals surface area contributed by atoms with Gasteiger partial charge in [0.05, 0.1) is 34.3 Å². The molecule has 9 nitrogen and oxygen atoms in total. The lowest BCUT2D eigenvalue weighted by molar-refractivity contribution is -0.126. The first kappa shape index (κ1) is 15.5. The van der Waals surface area contributed by atoms with Crippen molar-refractivity contribution in [1.82, 2.24) is 19.4 Å². The zero-order valence-corrected chi connectivity index (χ0v) is 20.1. The highest BCUT2D eigenvalue weighted by Crippen LogP contribution is 2.36. The number of benzene rings is 1. The van der Waals surface area contributed by atoms with Crippen molar-refractivity contribution in [2.45, 2.75) is 51.1 Å². The third kappa shape index (κ3) is 5.51. The summed E-state index contributed by atoms with van der Waals surface area (Å²) in [6.07, 6.45) is 2.07. The average molecular weight is 514 g/mol. The normalized spacial score (nSPS) is 26.5. The molecule has 2 amide bonds. The van der Waals surface area contributed by atoms with Crippen LogP contribution in [0.1, 0.15) is 67.9 Å². The first-order chi connectivity index (χ1) is 22.1. The first-order valence-corrected chi connectivity index (χ1v) is 12.1. The standard InChI is InChI=1S/C28H33N5O4/c1-3-25(34)32-14-5-4-7-21(18-32)33-26-23(8-6-9-24(26)37-22-11-15-36-16-12-22)30-28(33)31-27(35)20-10-13-29-19(2)17-20/h3,6,8-10,13,17,21-22H,1,4-5,7,11-12,14-16,18H2,2H3,(H,30,31,35)/i2D3,6D,8D,9D,10D,13D,15D,17D/t15?,21?,22-/m0/s1. The van der Waals surface area contributed by atoms with Gasteiger partial charge in [-0.05, 0) is 56.4 Å². The lowest BCUT2D eigenvalue weighted by Gasteiger charge is -2.27. The van der Waals surface area contributed by atoms with Crippen LogP contribution in [0.5, 0.6) is 5.75 Å². The molecule has 2 aliphatic heterocycles. The fourth-order valence-corrected chi connectivity index (χ4v) is 4.58. The molecule has 1 aromatic carbocycles. The van der Waals surface area contributed by atoms with Crippen LogP contribution in [-0.2, 0) is 9.53 Å². The van der Waals surface area contributed by atoms with E-state index in [1.807, 2.05) is 0 Å². The Kier molecular flexibility index (Phi) is 4.66. The average Bonchev–Trinajstić information content (AvgIpc) is 3.20. The number of aryl methyl sites for hydroxylation is 1. The van der Waals surface area contributed by atoms with Crippen molar-refractivity contribution >= 4 is 28.8 Å². The Balaban J connectivity index is 1.72. The number of carbonyl (C=O) groups excluding carboxylic acids is 2. The smallest absolute Gasteiger partial charge is 0.258 e. The van der Waals surface area contributed by atoms with Crippen LogP contribution in [-0.4, -0.2) is 63.6 Å². The second-order valence-electron chi connectivity index (χ2n) is 8.80. The van der Waals surface area contributed by atoms with E-state index in [0.717, 1.165) is 0 Å². The molecule has 1 N–H and O–H groups in total. The minimum Gasteiger partial charge on any atom is -0.488 e. The van der Waals surface area contributed by atoms with Crippen LogP contribution < -0.4 is 10.1 Å². The molecule has 0 aliphatic carbocycles. The Morgan fingerprint density at radius 2 is 2.24 bits per heavy atom. The number of fused-ring (bicyclic) bond motifs is 1. The van der Waals surface area contributed by atoms with E-state index in [0.29, 0.717) is 32.2 Å². The highest BCUT2D eigenvalue weighted by molar-refractivity contribution is 6.04. The number of anilines is 1. The van der Waals surface area contributed by atoms with Gasteiger partial charge in [0.1, 0.15) is 17.4 Å². The van der Waals surface area contributed by atoms with E-state index in [9.17, 15) is 9.59 Å². The van der Waals surface area contributed by atoms with Crippen molar-refractivity contribution in [3.8, 4) is 5.75 Å². The molecular weight excluding hydrogens is 470 g/mol. The summed E-state index contributed by atoms with van der Waals surface area (Å²) in [5.41, 5.74) is -1.57. The van der Waals surface area contributed by atoms with Crippen LogP contribution in [0, 0.1) is 6.85 Å². The first-order valence-electron chi connectivity index (χ1n) is 17.1. The molecule has 0 saturated carbocycles. The maximum Gasteiger partial charge on any atom is 0.258 e. The number of ether oxygens (including phenoxy) is 2. The quantitative estimate of drug-likeness (QED) is 0.494. The second kappa shape index (κ2) is 11.1. The lowest BCUT2D eigenvalue weighted by atomic mass is 10.1. The number of para-hydroxylation sites is 1. The number of amides is 2. The molecule has 2 saturated heterocycles. The fraction of sp³-hybridized carbons (Fsp3) is 0.429. The van der Waals surface area contributed by atoms with Gasteiger partial charge in [-0.25, -0.2) is 4.98 Å². The zero-order valence-electron chi connectivity index (χ0n) is 30.1. The van der Waals surface area contributed by atoms with Crippen molar-refractivity contribution in [2.75, 3.05) is 31.6 Å². The highest BCUT2D eigenvalue weighted by atomic mass is 16.5. The Morgan fingerprint density at radius 1 is 1.32 bits per heavy atom. The summed E-state index contributed by atoms with van der Waals surface area (Å²) in [5.74, 6) is -1.81. The topological polar surface area (TPSA) is 98.6 Å². The molecule has 194 valence electrons. The summed E-state index contributed by atoms with van der Waals surface area (Å²) in [5, 5.41) is 2.53. The Bertz CT molecular complexity index is 1750. The minimum absolute atomic E-state index is 0.0912. The van der Waals surface area contributed by atoms with Gasteiger partial charge < -0.3 is 18.9 Å². The monoisotopic (exact) mass is 513 g/mol. The Morgan fingerprint density at radius 3 is 3.08 bits per heavy atom. The minimum atomic E-state index is -2.95. The molecule has 2 aromatic heterocycles. The number of hydrogen-bond donors (Lipinski definition) is 1. The molecule has 9 heteroatoms. The molecule has 5 rings (SSSR count). The van der Waals surface area contributed by atoms with Gasteiger partial charge >= 0.3 is 0 Å². The summed E-state index contributed by atoms with van der Waals surface area (Å²) in [6.45, 7) is 0.517. The van der Waals surface area contributed by atoms with E-state index < -0.39 is 79.1 Å². The molecule has 2 aliphatic rings. The number of carbonyl (C=O) groups is 2. The number of imidazole rings is 1. The van der Waals surface area contributed by atoms with Crippen LogP contribution in [0.25, 0.3) is 11.0 Å². The Labute approximate surface area is 230 Å². The Hall–Kier alpha value is -3.72. The van der Waals surface area contributed by atoms with Gasteiger partial charge in [-0.1, -0.05) is 12.6 Å². The van der Waals surface area contributed by atoms with E-state index in [1.165, 1.54) is 10.6 Å². The number of aromatic nitrogens is 3. The molecule has 3 atom stereocenters. The van der Waals surface area contributed by atoms with E-state index >= 15 is 0 Å². The summed E-state index contributed by atoms with van der Waals surface area (Å²) in [7, 11) is 0. The highest BCUT2D eigenvalue weighted by Gasteiger charge is 2.28. The van der Waals surface area contributed by atoms with Gasteiger partial charge in [0.2, 0.25) is 11.9 Å². The van der Waals surface area contributed by atoms with Crippen LogP contribution in [0.3, 0.4) is 0 Å². The predicted octanol–water partition coefficient (Wildman–Crippen LogP) is 4.29. The van der Waals surface area contributed by atoms with Gasteiger partial charge in [0, 0.05) is 47.5 Å². The number of nitrogens with one attached hydrogen (secondary N) is 1. The maximum absolute atomic E-state index is 13.8. The molecule has 2 unspecified atom stereocenters. The number of hydrogen-bond acceptors (Lipinski definition) is 6. The van der Waals surface area contributed by atoms with Crippen molar-refractivity contribution < 1.29 is 32.8 Å². The fourth-order valence-electron chi connectivity index (χ4n) is 4.58. The van der Waals surface area contributed by atoms with Gasteiger partial charge in [0.25, 0.3) is 5.91 Å². The molecule has 3 aromatic rings. The van der Waals surface area contributed by atoms with Crippen LogP contribution in [0.15, 0.2) is 49.0 Å². The van der Waals surface area contributed by atoms with E-state index in [1.54, 1.807) is 4.90 Å². The number of likely N-dealkylation sites (tertiary alicyclic amines) is 1. The van der Waals surface area contributed by atoms with E-state index in [4.69, 9.17) is 23.2 Å². The van der Waals surface area contributed by atoms with Crippen molar-refractivity contribution in [3.05, 3.63) is 60.3 Å².